The summed E-state index contributed by atoms with van der Waals surface area (Å²) in [5.74, 6) is -9.94. The quantitative estimate of drug-likeness (QED) is 0.0230. The molecule has 1 aliphatic rings. The van der Waals surface area contributed by atoms with Crippen molar-refractivity contribution >= 4 is 106 Å². The number of aliphatic hydroxyl groups is 1. The second-order valence-corrected chi connectivity index (χ2v) is 23.4. The molecule has 28 nitrogen and oxygen atoms in total. The van der Waals surface area contributed by atoms with Crippen LogP contribution in [0.15, 0.2) is 86.0 Å². The minimum Gasteiger partial charge on any atom is -0.480 e. The molecule has 0 bridgehead atoms. The van der Waals surface area contributed by atoms with E-state index in [9.17, 15) is 58.2 Å². The predicted octanol–water partition coefficient (Wildman–Crippen LogP) is -0.799. The zero-order valence-corrected chi connectivity index (χ0v) is 51.4. The Morgan fingerprint density at radius 1 is 0.584 bits per heavy atom. The van der Waals surface area contributed by atoms with Crippen molar-refractivity contribution in [2.45, 2.75) is 133 Å². The minimum atomic E-state index is -1.73. The average Bonchev–Trinajstić information content (AvgIpc) is 2.59. The Morgan fingerprint density at radius 2 is 1.06 bits per heavy atom. The van der Waals surface area contributed by atoms with Crippen LogP contribution in [0.1, 0.15) is 69.5 Å². The Morgan fingerprint density at radius 3 is 1.58 bits per heavy atom. The lowest BCUT2D eigenvalue weighted by atomic mass is 10.0. The third-order valence-electron chi connectivity index (χ3n) is 15.2. The van der Waals surface area contributed by atoms with Crippen LogP contribution in [0.5, 0.6) is 0 Å². The number of carbonyl (C=O) groups is 10. The lowest BCUT2D eigenvalue weighted by Gasteiger charge is -2.31. The van der Waals surface area contributed by atoms with Crippen molar-refractivity contribution in [1.82, 2.24) is 77.3 Å². The molecular formula is C59H78N16O12S2. The van der Waals surface area contributed by atoms with Gasteiger partial charge in [0.1, 0.15) is 54.4 Å². The Kier molecular flexibility index (Phi) is 24.3. The first kappa shape index (κ1) is 67.8. The zero-order valence-electron chi connectivity index (χ0n) is 49.6. The number of carbonyl (C=O) groups excluding carboxylic acids is 9. The van der Waals surface area contributed by atoms with Gasteiger partial charge in [0.05, 0.1) is 25.3 Å². The first-order valence-corrected chi connectivity index (χ1v) is 30.4. The maximum absolute atomic E-state index is 14.5. The van der Waals surface area contributed by atoms with Crippen molar-refractivity contribution in [3.05, 3.63) is 108 Å². The number of aliphatic hydroxyl groups excluding tert-OH is 1. The van der Waals surface area contributed by atoms with E-state index in [1.165, 1.54) is 29.9 Å². The zero-order chi connectivity index (χ0) is 64.5. The number of amides is 9. The lowest BCUT2D eigenvalue weighted by molar-refractivity contribution is -0.142. The monoisotopic (exact) mass is 1270 g/mol. The van der Waals surface area contributed by atoms with Gasteiger partial charge in [0.15, 0.2) is 0 Å². The number of hydrogen-bond acceptors (Lipinski definition) is 16. The lowest BCUT2D eigenvalue weighted by Crippen LogP contribution is -2.62. The van der Waals surface area contributed by atoms with E-state index in [1.807, 2.05) is 24.3 Å². The third-order valence-corrected chi connectivity index (χ3v) is 16.0. The summed E-state index contributed by atoms with van der Waals surface area (Å²) >= 11 is 8.61. The van der Waals surface area contributed by atoms with Crippen molar-refractivity contribution in [3.8, 4) is 0 Å². The van der Waals surface area contributed by atoms with Gasteiger partial charge in [-0.15, -0.1) is 0 Å². The van der Waals surface area contributed by atoms with Crippen molar-refractivity contribution in [1.29, 1.82) is 0 Å². The van der Waals surface area contributed by atoms with Gasteiger partial charge in [-0.25, -0.2) is 14.8 Å². The van der Waals surface area contributed by atoms with Crippen molar-refractivity contribution in [2.24, 2.45) is 17.6 Å². The summed E-state index contributed by atoms with van der Waals surface area (Å²) in [7, 11) is 0. The van der Waals surface area contributed by atoms with Crippen LogP contribution in [0.2, 0.25) is 0 Å². The molecule has 16 N–H and O–H groups in total. The van der Waals surface area contributed by atoms with Crippen molar-refractivity contribution in [3.63, 3.8) is 0 Å². The van der Waals surface area contributed by atoms with Crippen LogP contribution in [0.4, 0.5) is 0 Å². The number of carboxylic acids is 1. The van der Waals surface area contributed by atoms with E-state index >= 15 is 0 Å². The Labute approximate surface area is 523 Å². The smallest absolute Gasteiger partial charge is 0.326 e. The number of para-hydroxylation sites is 2. The highest BCUT2D eigenvalue weighted by Gasteiger charge is 2.41. The number of rotatable bonds is 32. The topological polar surface area (TPSA) is 426 Å². The Balaban J connectivity index is 0.990. The van der Waals surface area contributed by atoms with E-state index < -0.39 is 132 Å². The van der Waals surface area contributed by atoms with E-state index in [0.29, 0.717) is 34.3 Å². The highest BCUT2D eigenvalue weighted by molar-refractivity contribution is 7.80. The summed E-state index contributed by atoms with van der Waals surface area (Å²) in [5.41, 5.74) is 10.3. The van der Waals surface area contributed by atoms with Gasteiger partial charge in [0, 0.05) is 95.3 Å². The number of thiol groups is 2. The third kappa shape index (κ3) is 18.2. The number of aliphatic carboxylic acids is 1. The summed E-state index contributed by atoms with van der Waals surface area (Å²) in [6.45, 7) is 6.05. The van der Waals surface area contributed by atoms with Crippen LogP contribution in [0.3, 0.4) is 0 Å². The second-order valence-electron chi connectivity index (χ2n) is 22.7. The van der Waals surface area contributed by atoms with Crippen LogP contribution >= 0.6 is 25.3 Å². The summed E-state index contributed by atoms with van der Waals surface area (Å²) < 4.78 is 0. The SMILES string of the molecule is CC(C)C[C@H](NC(=O)[C@H](CS)NC(=O)[C@H](Cc1c[nH]c2ccccc12)NC(=O)[C@H](CO)NC(=O)[C@H](CS)NC(=O)[C@@H](NC(=O)[C@@H]1CCCN1C(=O)[C@H](Cc1cnc[nH]1)NC(=O)[C@@H](N)Cc1c[nH]c2ccccc12)C(C)C)C(=O)N[C@@H](Cc1cnc[nH]1)C(=O)O. The fraction of sp³-hybridized carbons (Fsp3) is 0.458. The van der Waals surface area contributed by atoms with Gasteiger partial charge < -0.3 is 83.3 Å². The number of hydrogen-bond donors (Lipinski definition) is 17. The molecule has 10 atom stereocenters. The number of benzene rings is 2. The van der Waals surface area contributed by atoms with Gasteiger partial charge in [0.25, 0.3) is 0 Å². The van der Waals surface area contributed by atoms with Crippen LogP contribution < -0.4 is 48.3 Å². The number of aromatic amines is 4. The number of aromatic nitrogens is 6. The number of nitrogens with zero attached hydrogens (tertiary/aromatic N) is 3. The van der Waals surface area contributed by atoms with Crippen LogP contribution in [0, 0.1) is 11.8 Å². The molecule has 1 fully saturated rings. The molecule has 7 rings (SSSR count). The van der Waals surface area contributed by atoms with E-state index in [2.05, 4.69) is 97.7 Å². The van der Waals surface area contributed by atoms with Gasteiger partial charge in [-0.2, -0.15) is 25.3 Å². The number of nitrogens with two attached hydrogens (primary N) is 1. The van der Waals surface area contributed by atoms with Crippen LogP contribution in [-0.2, 0) is 73.6 Å². The molecule has 0 unspecified atom stereocenters. The highest BCUT2D eigenvalue weighted by atomic mass is 32.1. The maximum atomic E-state index is 14.5. The normalized spacial score (nSPS) is 16.2. The van der Waals surface area contributed by atoms with Crippen molar-refractivity contribution < 1.29 is 58.2 Å². The minimum absolute atomic E-state index is 0.00467. The molecule has 1 saturated heterocycles. The molecule has 4 aromatic heterocycles. The van der Waals surface area contributed by atoms with Crippen molar-refractivity contribution in [2.75, 3.05) is 24.7 Å². The first-order valence-electron chi connectivity index (χ1n) is 29.2. The standard InChI is InChI=1S/C59H78N16O12S2/c1-30(2)16-41(51(78)70-44(59(86)87)20-35-24-62-29-66-35)67-54(81)46(26-88)72-52(79)42(18-33-22-64-40-13-8-6-11-37(33)40)68-53(80)45(25-76)71-55(82)47(27-89)73-57(84)49(31(3)4)74-56(83)48-14-9-15-75(48)58(85)43(19-34-23-61-28-65-34)69-50(77)38(60)17-32-21-63-39-12-7-5-10-36(32)39/h5-8,10-13,21-24,28-31,38,41-49,63-64,76,88-89H,9,14-20,25-27,60H2,1-4H3,(H,61,65)(H,62,66)(H,67,81)(H,68,80)(H,69,77)(H,70,78)(H,71,82)(H,72,79)(H,73,84)(H,74,83)(H,86,87)/t38-,41-,42-,43-,44-,45-,46-,47-,48-,49-/m0/s1. The van der Waals surface area contributed by atoms with Gasteiger partial charge in [0.2, 0.25) is 53.2 Å². The fourth-order valence-electron chi connectivity index (χ4n) is 10.5. The average molecular weight is 1270 g/mol. The molecule has 89 heavy (non-hydrogen) atoms. The Bertz CT molecular complexity index is 3430. The molecule has 30 heteroatoms. The van der Waals surface area contributed by atoms with E-state index in [4.69, 9.17) is 5.73 Å². The fourth-order valence-corrected chi connectivity index (χ4v) is 11.0. The molecule has 5 heterocycles. The summed E-state index contributed by atoms with van der Waals surface area (Å²) in [6.07, 6.45) is 9.69. The van der Waals surface area contributed by atoms with Gasteiger partial charge in [-0.3, -0.25) is 43.2 Å². The molecular weight excluding hydrogens is 1190 g/mol. The van der Waals surface area contributed by atoms with Crippen LogP contribution in [0.25, 0.3) is 21.8 Å². The van der Waals surface area contributed by atoms with Crippen LogP contribution in [-0.4, -0.2) is 189 Å². The molecule has 9 amide bonds. The second kappa shape index (κ2) is 32.0. The molecule has 2 aromatic carbocycles. The number of H-pyrrole nitrogens is 4. The highest BCUT2D eigenvalue weighted by Crippen LogP contribution is 2.23. The number of imidazole rings is 2. The molecule has 6 aromatic rings. The summed E-state index contributed by atoms with van der Waals surface area (Å²) in [5, 5.41) is 42.8. The number of carboxylic acid groups (broad SMARTS) is 1. The predicted molar refractivity (Wildman–Crippen MR) is 333 cm³/mol. The number of nitrogens with one attached hydrogen (secondary N) is 12. The van der Waals surface area contributed by atoms with E-state index in [1.54, 1.807) is 64.4 Å². The molecule has 1 aliphatic heterocycles. The molecule has 0 aliphatic carbocycles. The molecule has 478 valence electrons. The van der Waals surface area contributed by atoms with E-state index in [0.717, 1.165) is 16.5 Å². The van der Waals surface area contributed by atoms with E-state index in [-0.39, 0.29) is 62.5 Å². The molecule has 0 spiro atoms. The summed E-state index contributed by atoms with van der Waals surface area (Å²) in [6, 6.07) is 1.41. The van der Waals surface area contributed by atoms with Gasteiger partial charge in [-0.05, 0) is 60.8 Å². The number of likely N-dealkylation sites (tertiary alicyclic amines) is 1. The Hall–Kier alpha value is -8.74. The first-order chi connectivity index (χ1) is 42.6. The summed E-state index contributed by atoms with van der Waals surface area (Å²) in [4.78, 5) is 160. The van der Waals surface area contributed by atoms with Gasteiger partial charge in [-0.1, -0.05) is 64.1 Å². The van der Waals surface area contributed by atoms with Gasteiger partial charge >= 0.3 is 5.97 Å². The molecule has 0 saturated carbocycles. The largest absolute Gasteiger partial charge is 0.480 e. The maximum Gasteiger partial charge on any atom is 0.326 e. The number of fused-ring (bicyclic) bond motifs is 2. The molecule has 0 radical (unpaired) electrons.